The minimum Gasteiger partial charge on any atom is -0.504 e. The molecule has 0 amide bonds. The van der Waals surface area contributed by atoms with Gasteiger partial charge >= 0.3 is 0 Å². The maximum atomic E-state index is 14.9. The Morgan fingerprint density at radius 2 is 1.76 bits per heavy atom. The first-order valence-corrected chi connectivity index (χ1v) is 24.3. The molecule has 1 aromatic heterocycles. The summed E-state index contributed by atoms with van der Waals surface area (Å²) < 4.78 is 5.54. The number of hydrogen-bond donors (Lipinski definition) is 6. The van der Waals surface area contributed by atoms with Crippen molar-refractivity contribution in [2.75, 3.05) is 25.9 Å². The molecule has 3 aliphatic rings. The minimum atomic E-state index is -1.83. The second kappa shape index (κ2) is 23.6. The third kappa shape index (κ3) is 13.1. The number of ketones is 2. The van der Waals surface area contributed by atoms with E-state index in [1.165, 1.54) is 7.11 Å². The quantitative estimate of drug-likeness (QED) is 0.0419. The van der Waals surface area contributed by atoms with Crippen LogP contribution in [0.1, 0.15) is 120 Å². The number of allylic oxidation sites excluding steroid dienone is 1. The zero-order valence-corrected chi connectivity index (χ0v) is 39.9. The van der Waals surface area contributed by atoms with Crippen molar-refractivity contribution in [2.24, 2.45) is 46.4 Å². The Balaban J connectivity index is 1.44. The molecule has 66 heavy (non-hydrogen) atoms. The second-order valence-corrected chi connectivity index (χ2v) is 19.7. The van der Waals surface area contributed by atoms with E-state index >= 15 is 0 Å². The molecule has 2 aliphatic carbocycles. The molecule has 11 heteroatoms. The van der Waals surface area contributed by atoms with Crippen LogP contribution in [0.5, 0.6) is 11.5 Å². The Morgan fingerprint density at radius 1 is 0.970 bits per heavy atom. The van der Waals surface area contributed by atoms with Crippen molar-refractivity contribution in [3.8, 4) is 23.3 Å². The van der Waals surface area contributed by atoms with Crippen molar-refractivity contribution in [2.45, 2.75) is 129 Å². The summed E-state index contributed by atoms with van der Waals surface area (Å²) in [6.45, 7) is 11.6. The van der Waals surface area contributed by atoms with Gasteiger partial charge in [-0.05, 0) is 141 Å². The zero-order chi connectivity index (χ0) is 47.5. The number of rotatable bonds is 18. The third-order valence-electron chi connectivity index (χ3n) is 14.1. The molecule has 1 saturated carbocycles. The van der Waals surface area contributed by atoms with Crippen LogP contribution in [0.25, 0.3) is 0 Å². The summed E-state index contributed by atoms with van der Waals surface area (Å²) in [7, 11) is 1.49. The van der Waals surface area contributed by atoms with Crippen molar-refractivity contribution in [1.29, 1.82) is 0 Å². The number of pyridine rings is 1. The summed E-state index contributed by atoms with van der Waals surface area (Å²) in [4.78, 5) is 37.9. The van der Waals surface area contributed by atoms with Gasteiger partial charge in [0.2, 0.25) is 0 Å². The van der Waals surface area contributed by atoms with Crippen LogP contribution in [0, 0.1) is 59.2 Å². The molecule has 0 radical (unpaired) electrons. The molecule has 0 unspecified atom stereocenters. The molecule has 1 fully saturated rings. The largest absolute Gasteiger partial charge is 0.504 e. The van der Waals surface area contributed by atoms with Crippen LogP contribution in [-0.2, 0) is 28.9 Å². The van der Waals surface area contributed by atoms with Crippen molar-refractivity contribution >= 4 is 23.6 Å². The molecule has 7 N–H and O–H groups in total. The second-order valence-electron chi connectivity index (χ2n) is 19.7. The third-order valence-corrected chi connectivity index (χ3v) is 14.1. The number of aromatic nitrogens is 1. The van der Waals surface area contributed by atoms with Crippen molar-refractivity contribution in [3.63, 3.8) is 0 Å². The van der Waals surface area contributed by atoms with Crippen molar-refractivity contribution in [3.05, 3.63) is 100 Å². The van der Waals surface area contributed by atoms with E-state index < -0.39 is 47.6 Å². The van der Waals surface area contributed by atoms with Crippen LogP contribution in [-0.4, -0.2) is 81.7 Å². The average molecular weight is 902 g/mol. The number of nitrogen functional groups attached to an aromatic ring is 1. The minimum absolute atomic E-state index is 0.0113. The molecule has 2 heterocycles. The maximum Gasteiger partial charge on any atom is 0.177 e. The Morgan fingerprint density at radius 3 is 2.48 bits per heavy atom. The van der Waals surface area contributed by atoms with Gasteiger partial charge in [-0.3, -0.25) is 9.59 Å². The predicted molar refractivity (Wildman–Crippen MR) is 261 cm³/mol. The number of carbonyl (C=O) groups is 2. The lowest BCUT2D eigenvalue weighted by Gasteiger charge is -2.33. The number of aryl methyl sites for hydroxylation is 2. The van der Waals surface area contributed by atoms with E-state index in [1.54, 1.807) is 25.3 Å². The molecule has 3 aromatic rings. The number of nitrogens with one attached hydrogen (secondary N) is 1. The summed E-state index contributed by atoms with van der Waals surface area (Å²) in [5.41, 5.74) is 11.7. The summed E-state index contributed by atoms with van der Waals surface area (Å²) in [6, 6.07) is 15.6. The van der Waals surface area contributed by atoms with Gasteiger partial charge in [0.05, 0.1) is 37.6 Å². The fourth-order valence-electron chi connectivity index (χ4n) is 10.5. The summed E-state index contributed by atoms with van der Waals surface area (Å²) >= 11 is 0. The fourth-order valence-corrected chi connectivity index (χ4v) is 10.5. The Bertz CT molecular complexity index is 2240. The number of fused-ring (bicyclic) bond motifs is 2. The molecule has 10 atom stereocenters. The number of anilines is 1. The summed E-state index contributed by atoms with van der Waals surface area (Å²) in [5, 5.41) is 48.3. The van der Waals surface area contributed by atoms with E-state index in [9.17, 15) is 30.0 Å². The molecular formula is C55H73N4O7+. The van der Waals surface area contributed by atoms with E-state index in [0.717, 1.165) is 58.7 Å². The summed E-state index contributed by atoms with van der Waals surface area (Å²) in [5.74, 6) is 6.51. The number of methoxy groups -OCH3 is 1. The first-order valence-electron chi connectivity index (χ1n) is 24.3. The van der Waals surface area contributed by atoms with Gasteiger partial charge in [-0.2, -0.15) is 0 Å². The number of aromatic hydroxyl groups is 1. The molecular weight excluding hydrogens is 829 g/mol. The van der Waals surface area contributed by atoms with Gasteiger partial charge in [0, 0.05) is 37.5 Å². The Hall–Kier alpha value is -4.99. The number of nitrogens with two attached hydrogens (primary N) is 1. The number of phenols is 1. The normalized spacial score (nSPS) is 24.2. The molecule has 0 bridgehead atoms. The van der Waals surface area contributed by atoms with E-state index in [4.69, 9.17) is 15.5 Å². The van der Waals surface area contributed by atoms with Gasteiger partial charge < -0.3 is 36.2 Å². The van der Waals surface area contributed by atoms with Gasteiger partial charge in [-0.1, -0.05) is 63.3 Å². The van der Waals surface area contributed by atoms with Crippen LogP contribution in [0.4, 0.5) is 5.82 Å². The number of hydrogen-bond acceptors (Lipinski definition) is 11. The highest BCUT2D eigenvalue weighted by Gasteiger charge is 2.44. The van der Waals surface area contributed by atoms with Crippen LogP contribution in [0.2, 0.25) is 0 Å². The molecule has 6 rings (SSSR count). The van der Waals surface area contributed by atoms with E-state index in [0.29, 0.717) is 63.4 Å². The molecule has 0 saturated heterocycles. The fraction of sp³-hybridized carbons (Fsp3) is 0.545. The van der Waals surface area contributed by atoms with E-state index in [1.807, 2.05) is 30.5 Å². The summed E-state index contributed by atoms with van der Waals surface area (Å²) in [6.07, 6.45) is 8.63. The lowest BCUT2D eigenvalue weighted by molar-refractivity contribution is -0.142. The number of carbonyl (C=O) groups excluding carboxylic acids is 2. The number of aliphatic imine (C=N–C) groups is 1. The van der Waals surface area contributed by atoms with Crippen molar-refractivity contribution in [1.82, 2.24) is 10.3 Å². The van der Waals surface area contributed by atoms with Crippen LogP contribution in [0.15, 0.2) is 71.5 Å². The number of ether oxygens (including phenoxy) is 1. The number of aliphatic hydroxyl groups is 3. The predicted octanol–water partition coefficient (Wildman–Crippen LogP) is 7.76. The topological polar surface area (TPSA) is 188 Å². The smallest absolute Gasteiger partial charge is 0.177 e. The van der Waals surface area contributed by atoms with Crippen LogP contribution < -0.4 is 15.8 Å². The molecule has 2 aromatic carbocycles. The van der Waals surface area contributed by atoms with Gasteiger partial charge in [0.25, 0.3) is 0 Å². The highest BCUT2D eigenvalue weighted by atomic mass is 16.5. The van der Waals surface area contributed by atoms with E-state index in [-0.39, 0.29) is 48.0 Å². The number of Topliss-reactive ketones (excluding diaryl/α,β-unsaturated/α-hetero) is 2. The number of benzene rings is 2. The molecule has 11 nitrogen and oxygen atoms in total. The molecule has 0 spiro atoms. The Labute approximate surface area is 392 Å². The van der Waals surface area contributed by atoms with Crippen LogP contribution >= 0.6 is 0 Å². The first kappa shape index (κ1) is 50.4. The van der Waals surface area contributed by atoms with E-state index in [2.05, 4.69) is 68.0 Å². The monoisotopic (exact) mass is 902 g/mol. The molecule has 1 aliphatic heterocycles. The standard InChI is InChI=1S/C55H72N4O7/c1-7-10-45(50(62)28-43-25-42(32-59-43)34(4)30-57-31-35(5)60)41-23-37(21-36-19-20-58-53(56)24-36)22-39-15-17-46(44-12-9-8-11-38(44)14-13-33(2)3)47-29-51(63)52(66-6)27-40(47)16-18-49(61)55(65)54(64)48(39)26-41/h8-9,11-12,19-20,24-25,27,29,32-35,37,39,41,45-46,48,50,55,57,60,62,65H,7,10,13-14,16,18,21-23,26,28,30-31H2,1-6H3,(H2-,56,58,63)/p+1/t34-,35+,37+,39-,41-,45+,46-,48+,50-,55+/m1/s1. The Kier molecular flexibility index (Phi) is 18.1. The van der Waals surface area contributed by atoms with Crippen molar-refractivity contribution < 1.29 is 34.8 Å². The number of phenolic OH excluding ortho intramolecular Hbond substituents is 1. The average Bonchev–Trinajstić information content (AvgIpc) is 3.68. The first-order chi connectivity index (χ1) is 31.6. The number of nitrogens with zero attached hydrogens (tertiary/aromatic N) is 2. The zero-order valence-electron chi connectivity index (χ0n) is 39.9. The lowest BCUT2D eigenvalue weighted by Crippen LogP contribution is -2.39. The van der Waals surface area contributed by atoms with Gasteiger partial charge in [-0.15, -0.1) is 4.99 Å². The van der Waals surface area contributed by atoms with Gasteiger partial charge in [0.1, 0.15) is 24.0 Å². The lowest BCUT2D eigenvalue weighted by atomic mass is 9.73. The van der Waals surface area contributed by atoms with Crippen LogP contribution in [0.3, 0.4) is 0 Å². The SMILES string of the molecule is CCC[C@@H]([C@@H]1C[C@@H](Cc2ccnc(N)c2)C[C@H]2C#C[C@H](c3ccccc3CCC(C)C)c3cc(O)c(OC)cc3CCC(=O)[C@H](O)C(=O)[C@H]2C1)[C@H](O)CC1=C[C+]([C@H](C)CNC[C@H](C)O)C=N1. The highest BCUT2D eigenvalue weighted by Crippen LogP contribution is 2.45. The maximum absolute atomic E-state index is 14.9. The van der Waals surface area contributed by atoms with Gasteiger partial charge in [-0.25, -0.2) is 4.98 Å². The number of aliphatic hydroxyl groups excluding tert-OH is 3. The highest BCUT2D eigenvalue weighted by molar-refractivity contribution is 6.06. The van der Waals surface area contributed by atoms with Gasteiger partial charge in [0.15, 0.2) is 34.9 Å². The molecule has 354 valence electrons.